The van der Waals surface area contributed by atoms with Gasteiger partial charge in [0.25, 0.3) is 0 Å². The molecule has 3 rings (SSSR count). The third-order valence-electron chi connectivity index (χ3n) is 3.17. The van der Waals surface area contributed by atoms with Gasteiger partial charge in [0.2, 0.25) is 0 Å². The van der Waals surface area contributed by atoms with Crippen LogP contribution in [0.4, 0.5) is 0 Å². The molecular formula is C8H14S2. The molecule has 0 aromatic heterocycles. The Balaban J connectivity index is 2.16. The molecule has 10 heavy (non-hydrogen) atoms. The summed E-state index contributed by atoms with van der Waals surface area (Å²) in [5.41, 5.74) is 0. The third-order valence-corrected chi connectivity index (χ3v) is 4.51. The first-order chi connectivity index (χ1) is 4.62. The predicted octanol–water partition coefficient (Wildman–Crippen LogP) is 2.69. The number of hydrogen-bond donors (Lipinski definition) is 2. The average molecular weight is 174 g/mol. The van der Waals surface area contributed by atoms with E-state index in [4.69, 9.17) is 25.3 Å². The Morgan fingerprint density at radius 3 is 1.00 bits per heavy atom. The molecule has 0 aromatic carbocycles. The summed E-state index contributed by atoms with van der Waals surface area (Å²) in [6, 6.07) is 0. The van der Waals surface area contributed by atoms with Crippen LogP contribution in [0.2, 0.25) is 0 Å². The molecule has 0 nitrogen and oxygen atoms in total. The molecule has 0 radical (unpaired) electrons. The molecule has 0 aromatic rings. The molecule has 3 aliphatic carbocycles. The van der Waals surface area contributed by atoms with E-state index in [1.807, 2.05) is 0 Å². The fourth-order valence-corrected chi connectivity index (χ4v) is 2.82. The van der Waals surface area contributed by atoms with Gasteiger partial charge >= 0.3 is 0 Å². The van der Waals surface area contributed by atoms with E-state index in [-0.39, 0.29) is 0 Å². The Bertz CT molecular complexity index is 111. The number of thiol groups is 2. The van der Waals surface area contributed by atoms with Crippen molar-refractivity contribution in [2.75, 3.05) is 0 Å². The van der Waals surface area contributed by atoms with Gasteiger partial charge < -0.3 is 0 Å². The minimum Gasteiger partial charge on any atom is -0.173 e. The molecule has 3 saturated carbocycles. The lowest BCUT2D eigenvalue weighted by Gasteiger charge is -2.49. The van der Waals surface area contributed by atoms with Crippen LogP contribution in [0, 0.1) is 0 Å². The number of hydrogen-bond acceptors (Lipinski definition) is 2. The first kappa shape index (κ1) is 7.35. The Hall–Kier alpha value is 0.700. The maximum atomic E-state index is 4.69. The van der Waals surface area contributed by atoms with Crippen molar-refractivity contribution >= 4 is 25.3 Å². The molecular weight excluding hydrogens is 160 g/mol. The van der Waals surface area contributed by atoms with Crippen molar-refractivity contribution in [2.45, 2.75) is 48.0 Å². The molecule has 0 saturated heterocycles. The lowest BCUT2D eigenvalue weighted by atomic mass is 9.69. The summed E-state index contributed by atoms with van der Waals surface area (Å²) in [6.45, 7) is 0. The third kappa shape index (κ3) is 1.10. The summed E-state index contributed by atoms with van der Waals surface area (Å²) < 4.78 is 0.814. The molecule has 0 unspecified atom stereocenters. The van der Waals surface area contributed by atoms with Crippen molar-refractivity contribution in [3.05, 3.63) is 0 Å². The quantitative estimate of drug-likeness (QED) is 0.518. The highest BCUT2D eigenvalue weighted by molar-refractivity contribution is 7.82. The minimum atomic E-state index is 0.407. The second kappa shape index (κ2) is 2.10. The van der Waals surface area contributed by atoms with Crippen LogP contribution in [0.1, 0.15) is 38.5 Å². The van der Waals surface area contributed by atoms with Crippen LogP contribution in [-0.2, 0) is 0 Å². The zero-order chi connectivity index (χ0) is 7.24. The Morgan fingerprint density at radius 2 is 0.800 bits per heavy atom. The lowest BCUT2D eigenvalue weighted by molar-refractivity contribution is 0.234. The maximum Gasteiger partial charge on any atom is 0.0131 e. The minimum absolute atomic E-state index is 0.407. The summed E-state index contributed by atoms with van der Waals surface area (Å²) in [7, 11) is 0. The van der Waals surface area contributed by atoms with Gasteiger partial charge in [-0.3, -0.25) is 0 Å². The summed E-state index contributed by atoms with van der Waals surface area (Å²) in [5, 5.41) is 0. The highest BCUT2D eigenvalue weighted by Gasteiger charge is 2.44. The molecule has 3 aliphatic rings. The molecule has 0 heterocycles. The van der Waals surface area contributed by atoms with Gasteiger partial charge in [-0.25, -0.2) is 0 Å². The first-order valence-corrected chi connectivity index (χ1v) is 4.96. The first-order valence-electron chi connectivity index (χ1n) is 4.07. The fraction of sp³-hybridized carbons (Fsp3) is 1.00. The van der Waals surface area contributed by atoms with Crippen LogP contribution in [-0.4, -0.2) is 9.49 Å². The van der Waals surface area contributed by atoms with Gasteiger partial charge in [0.15, 0.2) is 0 Å². The highest BCUT2D eigenvalue weighted by Crippen LogP contribution is 2.52. The molecule has 2 bridgehead atoms. The van der Waals surface area contributed by atoms with Gasteiger partial charge in [-0.05, 0) is 38.5 Å². The Labute approximate surface area is 73.6 Å². The summed E-state index contributed by atoms with van der Waals surface area (Å²) >= 11 is 9.38. The standard InChI is InChI=1S/C8H14S2/c9-7-1-2-8(10,5-3-7)6-4-7/h9-10H,1-6H2. The summed E-state index contributed by atoms with van der Waals surface area (Å²) in [5.74, 6) is 0. The van der Waals surface area contributed by atoms with E-state index in [1.165, 1.54) is 38.5 Å². The van der Waals surface area contributed by atoms with Gasteiger partial charge in [0.05, 0.1) is 0 Å². The zero-order valence-electron chi connectivity index (χ0n) is 6.14. The van der Waals surface area contributed by atoms with Crippen LogP contribution in [0.25, 0.3) is 0 Å². The van der Waals surface area contributed by atoms with E-state index in [2.05, 4.69) is 0 Å². The van der Waals surface area contributed by atoms with Crippen LogP contribution >= 0.6 is 25.3 Å². The number of rotatable bonds is 0. The van der Waals surface area contributed by atoms with Crippen molar-refractivity contribution in [3.8, 4) is 0 Å². The largest absolute Gasteiger partial charge is 0.173 e. The van der Waals surface area contributed by atoms with Gasteiger partial charge in [-0.1, -0.05) is 0 Å². The van der Waals surface area contributed by atoms with Crippen molar-refractivity contribution in [1.82, 2.24) is 0 Å². The topological polar surface area (TPSA) is 0 Å². The van der Waals surface area contributed by atoms with Gasteiger partial charge in [-0.2, -0.15) is 25.3 Å². The number of fused-ring (bicyclic) bond motifs is 3. The molecule has 0 atom stereocenters. The van der Waals surface area contributed by atoms with E-state index < -0.39 is 0 Å². The van der Waals surface area contributed by atoms with Crippen molar-refractivity contribution in [1.29, 1.82) is 0 Å². The predicted molar refractivity (Wildman–Crippen MR) is 51.1 cm³/mol. The van der Waals surface area contributed by atoms with E-state index in [9.17, 15) is 0 Å². The summed E-state index contributed by atoms with van der Waals surface area (Å²) in [4.78, 5) is 0. The smallest absolute Gasteiger partial charge is 0.0131 e. The maximum absolute atomic E-state index is 4.69. The normalized spacial score (nSPS) is 53.4. The molecule has 0 amide bonds. The van der Waals surface area contributed by atoms with E-state index in [0.717, 1.165) is 0 Å². The van der Waals surface area contributed by atoms with E-state index in [0.29, 0.717) is 9.49 Å². The van der Waals surface area contributed by atoms with Crippen molar-refractivity contribution < 1.29 is 0 Å². The van der Waals surface area contributed by atoms with Crippen LogP contribution in [0.5, 0.6) is 0 Å². The van der Waals surface area contributed by atoms with E-state index in [1.54, 1.807) is 0 Å². The Morgan fingerprint density at radius 1 is 0.600 bits per heavy atom. The fourth-order valence-electron chi connectivity index (χ4n) is 2.15. The van der Waals surface area contributed by atoms with Gasteiger partial charge in [0.1, 0.15) is 0 Å². The molecule has 3 fully saturated rings. The molecule has 2 heteroatoms. The van der Waals surface area contributed by atoms with Gasteiger partial charge in [0, 0.05) is 9.49 Å². The highest BCUT2D eigenvalue weighted by atomic mass is 32.1. The van der Waals surface area contributed by atoms with Crippen LogP contribution < -0.4 is 0 Å². The zero-order valence-corrected chi connectivity index (χ0v) is 7.93. The van der Waals surface area contributed by atoms with E-state index >= 15 is 0 Å². The molecule has 0 N–H and O–H groups in total. The average Bonchev–Trinajstić information content (AvgIpc) is 1.93. The molecule has 58 valence electrons. The SMILES string of the molecule is SC12CCC(S)(CC1)CC2. The molecule has 0 spiro atoms. The van der Waals surface area contributed by atoms with Gasteiger partial charge in [-0.15, -0.1) is 0 Å². The summed E-state index contributed by atoms with van der Waals surface area (Å²) in [6.07, 6.45) is 7.75. The second-order valence-corrected chi connectivity index (χ2v) is 5.85. The second-order valence-electron chi connectivity index (χ2n) is 3.95. The van der Waals surface area contributed by atoms with Crippen LogP contribution in [0.15, 0.2) is 0 Å². The van der Waals surface area contributed by atoms with Crippen molar-refractivity contribution in [3.63, 3.8) is 0 Å². The Kier molecular flexibility index (Phi) is 1.54. The molecule has 0 aliphatic heterocycles. The monoisotopic (exact) mass is 174 g/mol. The van der Waals surface area contributed by atoms with Crippen molar-refractivity contribution in [2.24, 2.45) is 0 Å². The van der Waals surface area contributed by atoms with Crippen LogP contribution in [0.3, 0.4) is 0 Å². The lowest BCUT2D eigenvalue weighted by Crippen LogP contribution is -2.43.